The van der Waals surface area contributed by atoms with Gasteiger partial charge in [0.1, 0.15) is 11.6 Å². The Morgan fingerprint density at radius 2 is 1.75 bits per heavy atom. The van der Waals surface area contributed by atoms with Gasteiger partial charge in [-0.05, 0) is 54.2 Å². The lowest BCUT2D eigenvalue weighted by atomic mass is 9.62. The third-order valence-corrected chi connectivity index (χ3v) is 9.47. The van der Waals surface area contributed by atoms with Crippen LogP contribution in [0.15, 0.2) is 72.8 Å². The number of rotatable bonds is 7. The summed E-state index contributed by atoms with van der Waals surface area (Å²) in [6.07, 6.45) is 0.826. The van der Waals surface area contributed by atoms with E-state index in [0.29, 0.717) is 18.5 Å². The van der Waals surface area contributed by atoms with Crippen LogP contribution < -0.4 is 10.6 Å². The molecule has 3 aliphatic heterocycles. The number of nitrogens with zero attached hydrogens (tertiary/aromatic N) is 1. The molecule has 7 atom stereocenters. The van der Waals surface area contributed by atoms with Crippen LogP contribution in [0, 0.1) is 17.8 Å². The highest BCUT2D eigenvalue weighted by Gasteiger charge is 2.80. The van der Waals surface area contributed by atoms with Crippen molar-refractivity contribution in [1.29, 1.82) is 0 Å². The van der Waals surface area contributed by atoms with E-state index < -0.39 is 35.1 Å². The first-order valence-corrected chi connectivity index (χ1v) is 13.9. The lowest BCUT2D eigenvalue weighted by molar-refractivity contribution is -0.149. The van der Waals surface area contributed by atoms with Crippen LogP contribution in [0.2, 0.25) is 0 Å². The van der Waals surface area contributed by atoms with Crippen LogP contribution >= 0.6 is 0 Å². The number of carbonyl (C=O) groups is 3. The number of fused-ring (bicyclic) bond motifs is 2. The minimum absolute atomic E-state index is 0.0588. The second kappa shape index (κ2) is 9.71. The summed E-state index contributed by atoms with van der Waals surface area (Å²) in [5, 5.41) is 18.4. The van der Waals surface area contributed by atoms with Crippen LogP contribution in [0.5, 0.6) is 0 Å². The Labute approximate surface area is 233 Å². The standard InChI is InChI=1S/C32H35N3O5/c1-19-17-32-26(25(28(37)33-3)31(19,2)40-32)30(39)35(24(18-36)15-20-9-5-4-6-10-20)27(32)29(38)34-23-14-13-21-11-7-8-12-22(21)16-23/h4-14,16,19,24-27,36H,15,17-18H2,1-3H3,(H,33,37)(H,34,38)/t19?,24-,25-,26+,27?,31+,32?/m1/s1. The molecule has 6 rings (SSSR count). The van der Waals surface area contributed by atoms with Gasteiger partial charge in [0.05, 0.1) is 30.1 Å². The third-order valence-electron chi connectivity index (χ3n) is 9.47. The van der Waals surface area contributed by atoms with Crippen LogP contribution in [0.25, 0.3) is 10.8 Å². The Bertz CT molecular complexity index is 1480. The molecule has 3 N–H and O–H groups in total. The fourth-order valence-corrected chi connectivity index (χ4v) is 7.54. The Morgan fingerprint density at radius 1 is 1.05 bits per heavy atom. The minimum Gasteiger partial charge on any atom is -0.394 e. The number of benzene rings is 3. The van der Waals surface area contributed by atoms with E-state index in [-0.39, 0.29) is 30.2 Å². The van der Waals surface area contributed by atoms with Gasteiger partial charge in [-0.1, -0.05) is 67.6 Å². The predicted octanol–water partition coefficient (Wildman–Crippen LogP) is 3.14. The highest BCUT2D eigenvalue weighted by molar-refractivity contribution is 6.04. The number of nitrogens with one attached hydrogen (secondary N) is 2. The summed E-state index contributed by atoms with van der Waals surface area (Å²) in [6, 6.07) is 21.5. The number of amides is 3. The van der Waals surface area contributed by atoms with Crippen LogP contribution in [0.1, 0.15) is 25.8 Å². The lowest BCUT2D eigenvalue weighted by Gasteiger charge is -2.37. The van der Waals surface area contributed by atoms with Gasteiger partial charge in [0, 0.05) is 12.7 Å². The Kier molecular flexibility index (Phi) is 6.43. The smallest absolute Gasteiger partial charge is 0.250 e. The average molecular weight is 542 g/mol. The van der Waals surface area contributed by atoms with Gasteiger partial charge < -0.3 is 25.4 Å². The molecule has 8 nitrogen and oxygen atoms in total. The zero-order valence-corrected chi connectivity index (χ0v) is 23.0. The quantitative estimate of drug-likeness (QED) is 0.426. The van der Waals surface area contributed by atoms with E-state index in [1.54, 1.807) is 7.05 Å². The van der Waals surface area contributed by atoms with Gasteiger partial charge in [0.15, 0.2) is 0 Å². The molecule has 2 bridgehead atoms. The molecule has 3 aromatic carbocycles. The summed E-state index contributed by atoms with van der Waals surface area (Å²) < 4.78 is 6.74. The SMILES string of the molecule is CNC(=O)[C@H]1[C@H]2C(=O)N([C@@H](CO)Cc3ccccc3)C(C(=O)Nc3ccc4ccccc4c3)C23CC(C)[C@]1(C)O3. The predicted molar refractivity (Wildman–Crippen MR) is 151 cm³/mol. The number of hydrogen-bond donors (Lipinski definition) is 3. The molecule has 3 aromatic rings. The van der Waals surface area contributed by atoms with Crippen LogP contribution in [-0.2, 0) is 25.5 Å². The lowest BCUT2D eigenvalue weighted by Crippen LogP contribution is -2.57. The molecule has 0 aliphatic carbocycles. The molecule has 3 heterocycles. The number of aliphatic hydroxyl groups is 1. The summed E-state index contributed by atoms with van der Waals surface area (Å²) >= 11 is 0. The van der Waals surface area contributed by atoms with Gasteiger partial charge in [0.2, 0.25) is 17.7 Å². The molecule has 3 saturated heterocycles. The van der Waals surface area contributed by atoms with Gasteiger partial charge in [0.25, 0.3) is 0 Å². The molecule has 3 fully saturated rings. The molecule has 0 radical (unpaired) electrons. The zero-order valence-electron chi connectivity index (χ0n) is 23.0. The molecule has 8 heteroatoms. The summed E-state index contributed by atoms with van der Waals surface area (Å²) in [5.74, 6) is -2.61. The van der Waals surface area contributed by atoms with Crippen molar-refractivity contribution in [1.82, 2.24) is 10.2 Å². The highest BCUT2D eigenvalue weighted by Crippen LogP contribution is 2.65. The third kappa shape index (κ3) is 3.84. The monoisotopic (exact) mass is 541 g/mol. The first-order valence-electron chi connectivity index (χ1n) is 13.9. The average Bonchev–Trinajstić information content (AvgIpc) is 3.48. The minimum atomic E-state index is -1.19. The number of aliphatic hydroxyl groups excluding tert-OH is 1. The van der Waals surface area contributed by atoms with Gasteiger partial charge in [-0.15, -0.1) is 0 Å². The summed E-state index contributed by atoms with van der Waals surface area (Å²) in [4.78, 5) is 43.4. The van der Waals surface area contributed by atoms with Crippen molar-refractivity contribution in [2.24, 2.45) is 17.8 Å². The molecule has 3 aliphatic rings. The number of ether oxygens (including phenoxy) is 1. The first-order chi connectivity index (χ1) is 19.2. The maximum Gasteiger partial charge on any atom is 0.250 e. The van der Waals surface area contributed by atoms with Gasteiger partial charge in [-0.25, -0.2) is 0 Å². The normalized spacial score (nSPS) is 31.3. The molecular formula is C32H35N3O5. The topological polar surface area (TPSA) is 108 Å². The molecule has 208 valence electrons. The van der Waals surface area contributed by atoms with E-state index in [0.717, 1.165) is 16.3 Å². The van der Waals surface area contributed by atoms with Crippen LogP contribution in [0.4, 0.5) is 5.69 Å². The van der Waals surface area contributed by atoms with Crippen molar-refractivity contribution in [2.75, 3.05) is 19.0 Å². The molecular weight excluding hydrogens is 506 g/mol. The molecule has 40 heavy (non-hydrogen) atoms. The zero-order chi connectivity index (χ0) is 28.2. The molecule has 0 aromatic heterocycles. The first kappa shape index (κ1) is 26.5. The van der Waals surface area contributed by atoms with E-state index in [4.69, 9.17) is 4.74 Å². The van der Waals surface area contributed by atoms with E-state index in [1.165, 1.54) is 4.90 Å². The van der Waals surface area contributed by atoms with Gasteiger partial charge >= 0.3 is 0 Å². The maximum absolute atomic E-state index is 14.4. The maximum atomic E-state index is 14.4. The number of carbonyl (C=O) groups excluding carboxylic acids is 3. The van der Waals surface area contributed by atoms with E-state index in [1.807, 2.05) is 86.6 Å². The number of likely N-dealkylation sites (tertiary alicyclic amines) is 1. The summed E-state index contributed by atoms with van der Waals surface area (Å²) in [5.41, 5.74) is -0.532. The summed E-state index contributed by atoms with van der Waals surface area (Å²) in [6.45, 7) is 3.56. The molecule has 0 saturated carbocycles. The highest BCUT2D eigenvalue weighted by atomic mass is 16.5. The Hall–Kier alpha value is -3.75. The number of anilines is 1. The Morgan fingerprint density at radius 3 is 2.45 bits per heavy atom. The van der Waals surface area contributed by atoms with Gasteiger partial charge in [-0.3, -0.25) is 14.4 Å². The molecule has 1 spiro atoms. The molecule has 3 unspecified atom stereocenters. The van der Waals surface area contributed by atoms with Crippen molar-refractivity contribution >= 4 is 34.2 Å². The summed E-state index contributed by atoms with van der Waals surface area (Å²) in [7, 11) is 1.56. The molecule has 3 amide bonds. The van der Waals surface area contributed by atoms with Crippen molar-refractivity contribution in [2.45, 2.75) is 50.0 Å². The fourth-order valence-electron chi connectivity index (χ4n) is 7.54. The van der Waals surface area contributed by atoms with Crippen molar-refractivity contribution in [3.05, 3.63) is 78.4 Å². The second-order valence-electron chi connectivity index (χ2n) is 11.6. The van der Waals surface area contributed by atoms with Crippen molar-refractivity contribution in [3.8, 4) is 0 Å². The van der Waals surface area contributed by atoms with Crippen LogP contribution in [0.3, 0.4) is 0 Å². The Balaban J connectivity index is 1.43. The van der Waals surface area contributed by atoms with Crippen LogP contribution in [-0.4, -0.2) is 64.7 Å². The van der Waals surface area contributed by atoms with Crippen molar-refractivity contribution < 1.29 is 24.2 Å². The van der Waals surface area contributed by atoms with E-state index in [2.05, 4.69) is 10.6 Å². The van der Waals surface area contributed by atoms with Gasteiger partial charge in [-0.2, -0.15) is 0 Å². The largest absolute Gasteiger partial charge is 0.394 e. The number of hydrogen-bond acceptors (Lipinski definition) is 5. The van der Waals surface area contributed by atoms with E-state index >= 15 is 0 Å². The fraction of sp³-hybridized carbons (Fsp3) is 0.406. The van der Waals surface area contributed by atoms with E-state index in [9.17, 15) is 19.5 Å². The second-order valence-corrected chi connectivity index (χ2v) is 11.6. The van der Waals surface area contributed by atoms with Crippen molar-refractivity contribution in [3.63, 3.8) is 0 Å².